The van der Waals surface area contributed by atoms with Gasteiger partial charge in [-0.2, -0.15) is 8.42 Å². The zero-order valence-corrected chi connectivity index (χ0v) is 8.00. The summed E-state index contributed by atoms with van der Waals surface area (Å²) in [5, 5.41) is 0. The van der Waals surface area contributed by atoms with E-state index in [1.807, 2.05) is 6.92 Å². The minimum atomic E-state index is -4.24. The van der Waals surface area contributed by atoms with Crippen LogP contribution < -0.4 is 0 Å². The lowest BCUT2D eigenvalue weighted by molar-refractivity contribution is -0.0718. The van der Waals surface area contributed by atoms with Gasteiger partial charge in [0.15, 0.2) is 0 Å². The van der Waals surface area contributed by atoms with Crippen molar-refractivity contribution >= 4 is 10.1 Å². The maximum atomic E-state index is 10.5. The second kappa shape index (κ2) is 5.47. The lowest BCUT2D eigenvalue weighted by atomic mass is 10.4. The molecular formula is C6H14O5S. The van der Waals surface area contributed by atoms with Crippen LogP contribution in [0.15, 0.2) is 0 Å². The van der Waals surface area contributed by atoms with Gasteiger partial charge in [0.1, 0.15) is 0 Å². The van der Waals surface area contributed by atoms with E-state index in [4.69, 9.17) is 9.29 Å². The topological polar surface area (TPSA) is 72.8 Å². The summed E-state index contributed by atoms with van der Waals surface area (Å²) >= 11 is 0. The summed E-state index contributed by atoms with van der Waals surface area (Å²) in [5.41, 5.74) is -1.55. The third-order valence-corrected chi connectivity index (χ3v) is 2.00. The zero-order valence-electron chi connectivity index (χ0n) is 7.19. The van der Waals surface area contributed by atoms with Crippen LogP contribution in [-0.2, 0) is 19.6 Å². The Labute approximate surface area is 72.4 Å². The smallest absolute Gasteiger partial charge is 0.318 e. The van der Waals surface area contributed by atoms with Gasteiger partial charge in [0, 0.05) is 7.11 Å². The van der Waals surface area contributed by atoms with Crippen molar-refractivity contribution in [3.05, 3.63) is 0 Å². The first-order chi connectivity index (χ1) is 5.52. The second-order valence-corrected chi connectivity index (χ2v) is 3.68. The Morgan fingerprint density at radius 2 is 2.08 bits per heavy atom. The molecule has 0 spiro atoms. The van der Waals surface area contributed by atoms with Crippen LogP contribution >= 0.6 is 0 Å². The Hall–Kier alpha value is -0.170. The third-order valence-electron chi connectivity index (χ3n) is 1.19. The van der Waals surface area contributed by atoms with Crippen LogP contribution in [0.25, 0.3) is 0 Å². The first-order valence-corrected chi connectivity index (χ1v) is 5.13. The average molecular weight is 198 g/mol. The van der Waals surface area contributed by atoms with Gasteiger partial charge in [0.25, 0.3) is 5.62 Å². The molecule has 0 aromatic heterocycles. The fraction of sp³-hybridized carbons (Fsp3) is 1.00. The van der Waals surface area contributed by atoms with E-state index in [0.29, 0.717) is 0 Å². The van der Waals surface area contributed by atoms with Gasteiger partial charge in [0.2, 0.25) is 0 Å². The molecule has 0 aliphatic heterocycles. The van der Waals surface area contributed by atoms with Crippen molar-refractivity contribution < 1.29 is 22.4 Å². The molecule has 6 heteroatoms. The van der Waals surface area contributed by atoms with Crippen molar-refractivity contribution in [3.8, 4) is 0 Å². The highest BCUT2D eigenvalue weighted by molar-refractivity contribution is 7.86. The fourth-order valence-electron chi connectivity index (χ4n) is 0.600. The molecule has 0 saturated heterocycles. The molecule has 0 amide bonds. The summed E-state index contributed by atoms with van der Waals surface area (Å²) in [6.45, 7) is 2.20. The van der Waals surface area contributed by atoms with Crippen LogP contribution in [0.5, 0.6) is 0 Å². The maximum Gasteiger partial charge on any atom is 0.318 e. The average Bonchev–Trinajstić information content (AvgIpc) is 1.95. The van der Waals surface area contributed by atoms with Crippen molar-refractivity contribution in [2.24, 2.45) is 0 Å². The monoisotopic (exact) mass is 198 g/mol. The lowest BCUT2D eigenvalue weighted by Gasteiger charge is -2.11. The Kier molecular flexibility index (Phi) is 5.39. The summed E-state index contributed by atoms with van der Waals surface area (Å²) in [6.07, 6.45) is 1.62. The predicted molar refractivity (Wildman–Crippen MR) is 43.2 cm³/mol. The summed E-state index contributed by atoms with van der Waals surface area (Å²) in [7, 11) is -3.08. The minimum absolute atomic E-state index is 0.259. The predicted octanol–water partition coefficient (Wildman–Crippen LogP) is 0.621. The van der Waals surface area contributed by atoms with Gasteiger partial charge in [-0.3, -0.25) is 4.55 Å². The summed E-state index contributed by atoms with van der Waals surface area (Å²) < 4.78 is 38.6. The van der Waals surface area contributed by atoms with Crippen LogP contribution in [0.1, 0.15) is 19.8 Å². The van der Waals surface area contributed by atoms with Gasteiger partial charge in [0.05, 0.1) is 6.61 Å². The van der Waals surface area contributed by atoms with E-state index in [2.05, 4.69) is 4.74 Å². The molecule has 1 N–H and O–H groups in total. The van der Waals surface area contributed by atoms with Crippen molar-refractivity contribution in [1.29, 1.82) is 0 Å². The number of unbranched alkanes of at least 4 members (excludes halogenated alkanes) is 1. The van der Waals surface area contributed by atoms with E-state index in [9.17, 15) is 8.42 Å². The lowest BCUT2D eigenvalue weighted by Crippen LogP contribution is -2.26. The van der Waals surface area contributed by atoms with Crippen LogP contribution in [0.2, 0.25) is 0 Å². The fourth-order valence-corrected chi connectivity index (χ4v) is 1.11. The molecule has 74 valence electrons. The number of ether oxygens (including phenoxy) is 2. The second-order valence-electron chi connectivity index (χ2n) is 2.26. The van der Waals surface area contributed by atoms with E-state index in [-0.39, 0.29) is 6.61 Å². The molecule has 0 rings (SSSR count). The SMILES string of the molecule is CCCCOC(OC)S(=O)(=O)O. The van der Waals surface area contributed by atoms with Crippen LogP contribution in [-0.4, -0.2) is 32.3 Å². The van der Waals surface area contributed by atoms with Gasteiger partial charge in [-0.25, -0.2) is 0 Å². The van der Waals surface area contributed by atoms with Crippen molar-refractivity contribution in [1.82, 2.24) is 0 Å². The minimum Gasteiger partial charge on any atom is -0.341 e. The third kappa shape index (κ3) is 4.66. The molecule has 0 radical (unpaired) electrons. The molecule has 1 atom stereocenters. The highest BCUT2D eigenvalue weighted by atomic mass is 32.2. The van der Waals surface area contributed by atoms with E-state index in [0.717, 1.165) is 20.0 Å². The molecule has 0 saturated carbocycles. The Balaban J connectivity index is 3.85. The van der Waals surface area contributed by atoms with Crippen LogP contribution in [0.4, 0.5) is 0 Å². The molecule has 0 aromatic carbocycles. The number of hydrogen-bond donors (Lipinski definition) is 1. The molecule has 0 bridgehead atoms. The molecule has 0 fully saturated rings. The maximum absolute atomic E-state index is 10.5. The molecule has 0 heterocycles. The standard InChI is InChI=1S/C6H14O5S/c1-3-4-5-11-6(10-2)12(7,8)9/h6H,3-5H2,1-2H3,(H,7,8,9). The summed E-state index contributed by atoms with van der Waals surface area (Å²) in [6, 6.07) is 0. The summed E-state index contributed by atoms with van der Waals surface area (Å²) in [4.78, 5) is 0. The largest absolute Gasteiger partial charge is 0.341 e. The van der Waals surface area contributed by atoms with Crippen LogP contribution in [0.3, 0.4) is 0 Å². The molecule has 1 unspecified atom stereocenters. The van der Waals surface area contributed by atoms with E-state index >= 15 is 0 Å². The van der Waals surface area contributed by atoms with Crippen molar-refractivity contribution in [2.75, 3.05) is 13.7 Å². The number of rotatable bonds is 6. The van der Waals surface area contributed by atoms with Gasteiger partial charge in [-0.05, 0) is 6.42 Å². The van der Waals surface area contributed by atoms with Gasteiger partial charge in [-0.15, -0.1) is 0 Å². The van der Waals surface area contributed by atoms with E-state index in [1.54, 1.807) is 0 Å². The molecule has 12 heavy (non-hydrogen) atoms. The first kappa shape index (κ1) is 11.8. The quantitative estimate of drug-likeness (QED) is 0.385. The van der Waals surface area contributed by atoms with E-state index < -0.39 is 15.7 Å². The highest BCUT2D eigenvalue weighted by Crippen LogP contribution is 2.02. The van der Waals surface area contributed by atoms with Crippen molar-refractivity contribution in [3.63, 3.8) is 0 Å². The molecule has 0 aromatic rings. The van der Waals surface area contributed by atoms with Gasteiger partial charge < -0.3 is 9.47 Å². The summed E-state index contributed by atoms with van der Waals surface area (Å²) in [5.74, 6) is 0. The molecule has 0 aliphatic rings. The first-order valence-electron chi connectivity index (χ1n) is 3.63. The Morgan fingerprint density at radius 1 is 1.50 bits per heavy atom. The number of hydrogen-bond acceptors (Lipinski definition) is 4. The number of methoxy groups -OCH3 is 1. The van der Waals surface area contributed by atoms with E-state index in [1.165, 1.54) is 0 Å². The zero-order chi connectivity index (χ0) is 9.61. The van der Waals surface area contributed by atoms with Crippen LogP contribution in [0, 0.1) is 0 Å². The van der Waals surface area contributed by atoms with Gasteiger partial charge >= 0.3 is 10.1 Å². The highest BCUT2D eigenvalue weighted by Gasteiger charge is 2.22. The molecular weight excluding hydrogens is 184 g/mol. The molecule has 5 nitrogen and oxygen atoms in total. The van der Waals surface area contributed by atoms with Gasteiger partial charge in [-0.1, -0.05) is 13.3 Å². The Morgan fingerprint density at radius 3 is 2.42 bits per heavy atom. The Bertz CT molecular complexity index is 198. The van der Waals surface area contributed by atoms with Crippen molar-refractivity contribution in [2.45, 2.75) is 25.4 Å². The molecule has 0 aliphatic carbocycles. The normalized spacial score (nSPS) is 14.6.